The number of rotatable bonds is 6. The Morgan fingerprint density at radius 3 is 2.79 bits per heavy atom. The molecule has 0 aliphatic rings. The Hall–Kier alpha value is -1.68. The van der Waals surface area contributed by atoms with E-state index in [1.54, 1.807) is 13.3 Å². The number of alkyl halides is 1. The van der Waals surface area contributed by atoms with Gasteiger partial charge in [-0.1, -0.05) is 6.07 Å². The van der Waals surface area contributed by atoms with Crippen LogP contribution in [0.2, 0.25) is 0 Å². The molecule has 0 spiro atoms. The summed E-state index contributed by atoms with van der Waals surface area (Å²) in [5.41, 5.74) is 1.01. The average molecular weight is 281 g/mol. The maximum atomic E-state index is 5.79. The van der Waals surface area contributed by atoms with E-state index >= 15 is 0 Å². The number of ether oxygens (including phenoxy) is 2. The van der Waals surface area contributed by atoms with E-state index in [-0.39, 0.29) is 0 Å². The number of imidazole rings is 1. The number of halogens is 1. The molecule has 102 valence electrons. The fourth-order valence-electron chi connectivity index (χ4n) is 1.80. The SMILES string of the molecule is COc1cc(CCl)ccc1OCCc1nccn1C. The molecule has 0 aliphatic carbocycles. The molecule has 0 bridgehead atoms. The molecular formula is C14H17ClN2O2. The number of hydrogen-bond acceptors (Lipinski definition) is 3. The summed E-state index contributed by atoms with van der Waals surface area (Å²) in [6.45, 7) is 0.557. The summed E-state index contributed by atoms with van der Waals surface area (Å²) in [6.07, 6.45) is 4.46. The summed E-state index contributed by atoms with van der Waals surface area (Å²) in [7, 11) is 3.59. The van der Waals surface area contributed by atoms with Gasteiger partial charge in [0.15, 0.2) is 11.5 Å². The van der Waals surface area contributed by atoms with Gasteiger partial charge in [0, 0.05) is 31.7 Å². The second-order valence-corrected chi connectivity index (χ2v) is 4.44. The lowest BCUT2D eigenvalue weighted by Gasteiger charge is -2.11. The third kappa shape index (κ3) is 3.41. The highest BCUT2D eigenvalue weighted by molar-refractivity contribution is 6.17. The fraction of sp³-hybridized carbons (Fsp3) is 0.357. The van der Waals surface area contributed by atoms with Crippen molar-refractivity contribution < 1.29 is 9.47 Å². The normalized spacial score (nSPS) is 10.5. The van der Waals surface area contributed by atoms with Crippen LogP contribution < -0.4 is 9.47 Å². The lowest BCUT2D eigenvalue weighted by Crippen LogP contribution is -2.06. The van der Waals surface area contributed by atoms with Crippen LogP contribution in [0, 0.1) is 0 Å². The molecule has 1 aromatic carbocycles. The van der Waals surface area contributed by atoms with Crippen molar-refractivity contribution in [2.24, 2.45) is 7.05 Å². The maximum Gasteiger partial charge on any atom is 0.161 e. The topological polar surface area (TPSA) is 36.3 Å². The van der Waals surface area contributed by atoms with Gasteiger partial charge in [0.2, 0.25) is 0 Å². The zero-order chi connectivity index (χ0) is 13.7. The molecule has 5 heteroatoms. The number of hydrogen-bond donors (Lipinski definition) is 0. The molecule has 4 nitrogen and oxygen atoms in total. The zero-order valence-corrected chi connectivity index (χ0v) is 11.9. The maximum absolute atomic E-state index is 5.79. The van der Waals surface area contributed by atoms with E-state index < -0.39 is 0 Å². The molecule has 1 heterocycles. The quantitative estimate of drug-likeness (QED) is 0.764. The summed E-state index contributed by atoms with van der Waals surface area (Å²) in [5.74, 6) is 2.89. The van der Waals surface area contributed by atoms with Crippen LogP contribution in [0.5, 0.6) is 11.5 Å². The predicted molar refractivity (Wildman–Crippen MR) is 75.0 cm³/mol. The Bertz CT molecular complexity index is 540. The molecule has 19 heavy (non-hydrogen) atoms. The van der Waals surface area contributed by atoms with E-state index in [4.69, 9.17) is 21.1 Å². The van der Waals surface area contributed by atoms with Crippen LogP contribution in [0.25, 0.3) is 0 Å². The van der Waals surface area contributed by atoms with Crippen molar-refractivity contribution in [3.63, 3.8) is 0 Å². The van der Waals surface area contributed by atoms with E-state index in [0.29, 0.717) is 18.2 Å². The molecule has 0 amide bonds. The zero-order valence-electron chi connectivity index (χ0n) is 11.1. The lowest BCUT2D eigenvalue weighted by molar-refractivity contribution is 0.294. The fourth-order valence-corrected chi connectivity index (χ4v) is 1.97. The number of benzene rings is 1. The van der Waals surface area contributed by atoms with Crippen LogP contribution in [-0.2, 0) is 19.3 Å². The number of aryl methyl sites for hydroxylation is 1. The van der Waals surface area contributed by atoms with Gasteiger partial charge >= 0.3 is 0 Å². The van der Waals surface area contributed by atoms with E-state index in [1.807, 2.05) is 36.0 Å². The van der Waals surface area contributed by atoms with E-state index in [9.17, 15) is 0 Å². The first kappa shape index (κ1) is 13.7. The van der Waals surface area contributed by atoms with Gasteiger partial charge in [0.05, 0.1) is 13.7 Å². The smallest absolute Gasteiger partial charge is 0.161 e. The number of methoxy groups -OCH3 is 1. The Kier molecular flexibility index (Phi) is 4.68. The van der Waals surface area contributed by atoms with E-state index in [2.05, 4.69) is 4.98 Å². The number of aromatic nitrogens is 2. The molecule has 0 saturated heterocycles. The molecule has 0 radical (unpaired) electrons. The van der Waals surface area contributed by atoms with Crippen molar-refractivity contribution in [2.75, 3.05) is 13.7 Å². The molecule has 2 rings (SSSR count). The summed E-state index contributed by atoms with van der Waals surface area (Å²) in [4.78, 5) is 4.25. The van der Waals surface area contributed by atoms with Gasteiger partial charge in [-0.05, 0) is 17.7 Å². The van der Waals surface area contributed by atoms with E-state index in [1.165, 1.54) is 0 Å². The van der Waals surface area contributed by atoms with Gasteiger partial charge in [-0.25, -0.2) is 4.98 Å². The molecule has 2 aromatic rings. The highest BCUT2D eigenvalue weighted by Gasteiger charge is 2.06. The first-order valence-electron chi connectivity index (χ1n) is 6.06. The third-order valence-electron chi connectivity index (χ3n) is 2.89. The molecule has 0 unspecified atom stereocenters. The minimum absolute atomic E-state index is 0.462. The summed E-state index contributed by atoms with van der Waals surface area (Å²) in [6, 6.07) is 5.71. The van der Waals surface area contributed by atoms with Crippen molar-refractivity contribution in [1.29, 1.82) is 0 Å². The van der Waals surface area contributed by atoms with Crippen LogP contribution in [-0.4, -0.2) is 23.3 Å². The van der Waals surface area contributed by atoms with Gasteiger partial charge in [-0.2, -0.15) is 0 Å². The Labute approximate surface area is 117 Å². The minimum Gasteiger partial charge on any atom is -0.493 e. The minimum atomic E-state index is 0.462. The van der Waals surface area contributed by atoms with Gasteiger partial charge in [0.1, 0.15) is 5.82 Å². The molecule has 0 N–H and O–H groups in total. The molecular weight excluding hydrogens is 264 g/mol. The third-order valence-corrected chi connectivity index (χ3v) is 3.20. The van der Waals surface area contributed by atoms with Crippen LogP contribution in [0.15, 0.2) is 30.6 Å². The second-order valence-electron chi connectivity index (χ2n) is 4.17. The van der Waals surface area contributed by atoms with Crippen LogP contribution in [0.1, 0.15) is 11.4 Å². The van der Waals surface area contributed by atoms with Crippen molar-refractivity contribution in [1.82, 2.24) is 9.55 Å². The Morgan fingerprint density at radius 2 is 2.16 bits per heavy atom. The van der Waals surface area contributed by atoms with Crippen LogP contribution in [0.4, 0.5) is 0 Å². The molecule has 0 atom stereocenters. The summed E-state index contributed by atoms with van der Waals surface area (Å²) >= 11 is 5.79. The van der Waals surface area contributed by atoms with Crippen molar-refractivity contribution in [3.05, 3.63) is 42.0 Å². The van der Waals surface area contributed by atoms with Crippen molar-refractivity contribution >= 4 is 11.6 Å². The molecule has 0 aliphatic heterocycles. The Balaban J connectivity index is 1.97. The van der Waals surface area contributed by atoms with Gasteiger partial charge in [-0.15, -0.1) is 11.6 Å². The highest BCUT2D eigenvalue weighted by Crippen LogP contribution is 2.28. The largest absolute Gasteiger partial charge is 0.493 e. The standard InChI is InChI=1S/C14H17ClN2O2/c1-17-7-6-16-14(17)5-8-19-12-4-3-11(10-15)9-13(12)18-2/h3-4,6-7,9H,5,8,10H2,1-2H3. The van der Waals surface area contributed by atoms with Gasteiger partial charge in [-0.3, -0.25) is 0 Å². The lowest BCUT2D eigenvalue weighted by atomic mass is 10.2. The molecule has 0 fully saturated rings. The van der Waals surface area contributed by atoms with Gasteiger partial charge in [0.25, 0.3) is 0 Å². The monoisotopic (exact) mass is 280 g/mol. The van der Waals surface area contributed by atoms with Crippen molar-refractivity contribution in [2.45, 2.75) is 12.3 Å². The van der Waals surface area contributed by atoms with Crippen molar-refractivity contribution in [3.8, 4) is 11.5 Å². The van der Waals surface area contributed by atoms with Gasteiger partial charge < -0.3 is 14.0 Å². The summed E-state index contributed by atoms with van der Waals surface area (Å²) < 4.78 is 13.0. The average Bonchev–Trinajstić information content (AvgIpc) is 2.84. The van der Waals surface area contributed by atoms with Crippen LogP contribution in [0.3, 0.4) is 0 Å². The van der Waals surface area contributed by atoms with E-state index in [0.717, 1.165) is 23.6 Å². The summed E-state index contributed by atoms with van der Waals surface area (Å²) in [5, 5.41) is 0. The highest BCUT2D eigenvalue weighted by atomic mass is 35.5. The van der Waals surface area contributed by atoms with Crippen LogP contribution >= 0.6 is 11.6 Å². The Morgan fingerprint density at radius 1 is 1.32 bits per heavy atom. The molecule has 1 aromatic heterocycles. The first-order chi connectivity index (χ1) is 9.24. The number of nitrogens with zero attached hydrogens (tertiary/aromatic N) is 2. The predicted octanol–water partition coefficient (Wildman–Crippen LogP) is 2.79. The molecule has 0 saturated carbocycles. The second kappa shape index (κ2) is 6.48. The first-order valence-corrected chi connectivity index (χ1v) is 6.60.